The highest BCUT2D eigenvalue weighted by Crippen LogP contribution is 2.33. The predicted molar refractivity (Wildman–Crippen MR) is 138 cm³/mol. The topological polar surface area (TPSA) is 199 Å². The van der Waals surface area contributed by atoms with Gasteiger partial charge in [0.1, 0.15) is 18.0 Å². The third kappa shape index (κ3) is 5.43. The van der Waals surface area contributed by atoms with Gasteiger partial charge in [0, 0.05) is 37.0 Å². The number of fused-ring (bicyclic) bond motifs is 1. The largest absolute Gasteiger partial charge is 0.474 e. The van der Waals surface area contributed by atoms with Crippen LogP contribution in [0.5, 0.6) is 5.88 Å². The van der Waals surface area contributed by atoms with Gasteiger partial charge in [-0.25, -0.2) is 9.97 Å². The maximum atomic E-state index is 8.93. The summed E-state index contributed by atoms with van der Waals surface area (Å²) in [5.41, 5.74) is 1.98. The van der Waals surface area contributed by atoms with Gasteiger partial charge in [-0.1, -0.05) is 0 Å². The quantitative estimate of drug-likeness (QED) is 0.337. The number of morpholine rings is 1. The molecule has 0 spiro atoms. The minimum Gasteiger partial charge on any atom is -0.474 e. The molecule has 0 amide bonds. The fourth-order valence-corrected chi connectivity index (χ4v) is 4.66. The molecule has 0 radical (unpaired) electrons. The molecule has 0 atom stereocenters. The van der Waals surface area contributed by atoms with Crippen molar-refractivity contribution >= 4 is 22.7 Å². The molecule has 4 aromatic heterocycles. The first kappa shape index (κ1) is 25.2. The summed E-state index contributed by atoms with van der Waals surface area (Å²) in [4.78, 5) is 20.2. The predicted octanol–water partition coefficient (Wildman–Crippen LogP) is 2.27. The lowest BCUT2D eigenvalue weighted by Crippen LogP contribution is -2.37. The molecule has 6 rings (SSSR count). The van der Waals surface area contributed by atoms with Crippen LogP contribution in [0.3, 0.4) is 0 Å². The van der Waals surface area contributed by atoms with Crippen molar-refractivity contribution < 1.29 is 9.47 Å². The van der Waals surface area contributed by atoms with E-state index in [0.717, 1.165) is 61.1 Å². The van der Waals surface area contributed by atoms with E-state index in [-0.39, 0.29) is 18.3 Å². The van der Waals surface area contributed by atoms with E-state index in [2.05, 4.69) is 45.8 Å². The van der Waals surface area contributed by atoms with Crippen molar-refractivity contribution in [1.82, 2.24) is 46.7 Å². The van der Waals surface area contributed by atoms with Crippen LogP contribution in [0.2, 0.25) is 0 Å². The molecule has 14 heteroatoms. The molecule has 0 bridgehead atoms. The van der Waals surface area contributed by atoms with Crippen molar-refractivity contribution in [3.8, 4) is 23.3 Å². The zero-order valence-electron chi connectivity index (χ0n) is 20.7. The third-order valence-electron chi connectivity index (χ3n) is 6.64. The van der Waals surface area contributed by atoms with Gasteiger partial charge in [-0.15, -0.1) is 10.2 Å². The Kier molecular flexibility index (Phi) is 7.47. The Hall–Kier alpha value is -4.48. The van der Waals surface area contributed by atoms with Crippen molar-refractivity contribution in [3.63, 3.8) is 0 Å². The van der Waals surface area contributed by atoms with Crippen LogP contribution in [-0.4, -0.2) is 79.0 Å². The van der Waals surface area contributed by atoms with E-state index in [9.17, 15) is 0 Å². The summed E-state index contributed by atoms with van der Waals surface area (Å²) in [5, 5.41) is 27.4. The van der Waals surface area contributed by atoms with Gasteiger partial charge in [0.25, 0.3) is 0 Å². The molecular formula is C24H28N12O2. The number of ether oxygens (including phenoxy) is 2. The van der Waals surface area contributed by atoms with Crippen LogP contribution in [0.25, 0.3) is 22.3 Å². The highest BCUT2D eigenvalue weighted by molar-refractivity contribution is 5.88. The number of pyridine rings is 2. The molecule has 1 saturated heterocycles. The first-order chi connectivity index (χ1) is 18.2. The average Bonchev–Trinajstić information content (AvgIpc) is 3.50. The Bertz CT molecular complexity index is 1390. The molecule has 2 fully saturated rings. The maximum absolute atomic E-state index is 8.93. The van der Waals surface area contributed by atoms with Crippen LogP contribution >= 0.6 is 0 Å². The number of anilines is 2. The molecular weight excluding hydrogens is 488 g/mol. The Balaban J connectivity index is 0.00000294. The van der Waals surface area contributed by atoms with Crippen molar-refractivity contribution in [2.75, 3.05) is 36.5 Å². The highest BCUT2D eigenvalue weighted by atomic mass is 16.5. The Morgan fingerprint density at radius 3 is 2.55 bits per heavy atom. The van der Waals surface area contributed by atoms with Crippen molar-refractivity contribution in [2.24, 2.45) is 0 Å². The van der Waals surface area contributed by atoms with Gasteiger partial charge in [0.2, 0.25) is 17.7 Å². The van der Waals surface area contributed by atoms with Crippen LogP contribution in [0.4, 0.5) is 11.8 Å². The summed E-state index contributed by atoms with van der Waals surface area (Å²) in [5.74, 6) is 2.39. The molecule has 38 heavy (non-hydrogen) atoms. The van der Waals surface area contributed by atoms with E-state index in [0.29, 0.717) is 36.4 Å². The SMILES string of the molecule is N.N#Cc1cnc(NC2CCC(Oc3nc(N4CCOCC4)cc4ncc(-c5nn[nH]n5)cc34)CC2)nc1. The first-order valence-electron chi connectivity index (χ1n) is 12.3. The number of nitrogens with zero attached hydrogens (tertiary/aromatic N) is 9. The lowest BCUT2D eigenvalue weighted by atomic mass is 9.93. The summed E-state index contributed by atoms with van der Waals surface area (Å²) in [7, 11) is 0. The van der Waals surface area contributed by atoms with Crippen LogP contribution < -0.4 is 21.1 Å². The number of tetrazole rings is 1. The van der Waals surface area contributed by atoms with E-state index in [1.165, 1.54) is 12.4 Å². The standard InChI is InChI=1S/C24H25N11O2.H3N/c25-11-15-12-27-24(28-13-15)29-17-1-3-18(4-2-17)37-23-19-9-16(22-31-33-34-32-22)14-26-20(19)10-21(30-23)35-5-7-36-8-6-35;/h9-10,12-14,17-18H,1-8H2,(H,27,28,29)(H,31,32,33,34);1H3. The van der Waals surface area contributed by atoms with Gasteiger partial charge in [0.15, 0.2) is 0 Å². The summed E-state index contributed by atoms with van der Waals surface area (Å²) in [6.45, 7) is 2.88. The number of aromatic nitrogens is 8. The summed E-state index contributed by atoms with van der Waals surface area (Å²) in [6, 6.07) is 6.22. The third-order valence-corrected chi connectivity index (χ3v) is 6.64. The fourth-order valence-electron chi connectivity index (χ4n) is 4.66. The molecule has 0 aromatic carbocycles. The van der Waals surface area contributed by atoms with E-state index >= 15 is 0 Å². The van der Waals surface area contributed by atoms with Crippen LogP contribution in [0.15, 0.2) is 30.7 Å². The molecule has 2 aliphatic rings. The average molecular weight is 517 g/mol. The number of aromatic amines is 1. The maximum Gasteiger partial charge on any atom is 0.225 e. The Morgan fingerprint density at radius 2 is 1.84 bits per heavy atom. The van der Waals surface area contributed by atoms with Crippen molar-refractivity contribution in [3.05, 3.63) is 36.3 Å². The molecule has 1 aliphatic carbocycles. The van der Waals surface area contributed by atoms with Gasteiger partial charge in [0.05, 0.1) is 42.1 Å². The molecule has 5 N–H and O–H groups in total. The molecule has 1 aliphatic heterocycles. The van der Waals surface area contributed by atoms with E-state index in [1.54, 1.807) is 6.20 Å². The fraction of sp³-hybridized carbons (Fsp3) is 0.417. The second kappa shape index (κ2) is 11.3. The zero-order valence-corrected chi connectivity index (χ0v) is 20.7. The number of rotatable bonds is 6. The highest BCUT2D eigenvalue weighted by Gasteiger charge is 2.25. The van der Waals surface area contributed by atoms with Crippen LogP contribution in [0.1, 0.15) is 31.2 Å². The van der Waals surface area contributed by atoms with Crippen molar-refractivity contribution in [1.29, 1.82) is 5.26 Å². The van der Waals surface area contributed by atoms with Gasteiger partial charge in [-0.3, -0.25) is 4.98 Å². The first-order valence-corrected chi connectivity index (χ1v) is 12.3. The van der Waals surface area contributed by atoms with E-state index < -0.39 is 0 Å². The lowest BCUT2D eigenvalue weighted by molar-refractivity contribution is 0.122. The normalized spacial score (nSPS) is 19.4. The lowest BCUT2D eigenvalue weighted by Gasteiger charge is -2.31. The summed E-state index contributed by atoms with van der Waals surface area (Å²) < 4.78 is 12.0. The Morgan fingerprint density at radius 1 is 1.05 bits per heavy atom. The number of hydrogen-bond acceptors (Lipinski definition) is 13. The zero-order chi connectivity index (χ0) is 25.0. The minimum absolute atomic E-state index is 0. The van der Waals surface area contributed by atoms with Gasteiger partial charge < -0.3 is 25.8 Å². The molecule has 0 unspecified atom stereocenters. The van der Waals surface area contributed by atoms with E-state index in [1.807, 2.05) is 18.2 Å². The summed E-state index contributed by atoms with van der Waals surface area (Å²) >= 11 is 0. The van der Waals surface area contributed by atoms with Gasteiger partial charge in [-0.05, 0) is 37.0 Å². The number of nitriles is 1. The number of nitrogens with one attached hydrogen (secondary N) is 2. The van der Waals surface area contributed by atoms with Crippen LogP contribution in [0, 0.1) is 11.3 Å². The molecule has 4 aromatic rings. The van der Waals surface area contributed by atoms with Crippen molar-refractivity contribution in [2.45, 2.75) is 37.8 Å². The second-order valence-electron chi connectivity index (χ2n) is 9.05. The molecule has 14 nitrogen and oxygen atoms in total. The van der Waals surface area contributed by atoms with Gasteiger partial charge >= 0.3 is 0 Å². The molecule has 196 valence electrons. The van der Waals surface area contributed by atoms with Crippen LogP contribution in [-0.2, 0) is 4.74 Å². The Labute approximate surface area is 218 Å². The smallest absolute Gasteiger partial charge is 0.225 e. The molecule has 5 heterocycles. The van der Waals surface area contributed by atoms with Gasteiger partial charge in [-0.2, -0.15) is 15.5 Å². The number of hydrogen-bond donors (Lipinski definition) is 3. The second-order valence-corrected chi connectivity index (χ2v) is 9.05. The monoisotopic (exact) mass is 516 g/mol. The minimum atomic E-state index is 0. The van der Waals surface area contributed by atoms with E-state index in [4.69, 9.17) is 19.7 Å². The summed E-state index contributed by atoms with van der Waals surface area (Å²) in [6.07, 6.45) is 8.33. The number of H-pyrrole nitrogens is 1. The molecule has 1 saturated carbocycles.